The predicted molar refractivity (Wildman–Crippen MR) is 126 cm³/mol. The Morgan fingerprint density at radius 1 is 1.00 bits per heavy atom. The Labute approximate surface area is 194 Å². The lowest BCUT2D eigenvalue weighted by Gasteiger charge is -2.42. The van der Waals surface area contributed by atoms with Gasteiger partial charge in [-0.2, -0.15) is 0 Å². The molecule has 2 aliphatic rings. The number of nitrogens with one attached hydrogen (secondary N) is 1. The first-order valence-electron chi connectivity index (χ1n) is 13.0. The fourth-order valence-corrected chi connectivity index (χ4v) is 5.27. The lowest BCUT2D eigenvalue weighted by molar-refractivity contribution is -0.286. The lowest BCUT2D eigenvalue weighted by atomic mass is 9.85. The maximum absolute atomic E-state index is 12.6. The molecule has 9 atom stereocenters. The minimum atomic E-state index is -1.06. The highest BCUT2D eigenvalue weighted by Gasteiger charge is 2.42. The first-order chi connectivity index (χ1) is 15.3. The van der Waals surface area contributed by atoms with Gasteiger partial charge in [0, 0.05) is 12.5 Å². The SMILES string of the molecule is CCC1CCCC(CC)C(=O)NCCCC(CC)C(O[C@@H]2O[C@@H](C)[C@H](O)[C@@H](N)[C@H]2O)CC1. The number of aliphatic hydroxyl groups is 2. The Bertz CT molecular complexity index is 548. The topological polar surface area (TPSA) is 114 Å². The van der Waals surface area contributed by atoms with Crippen LogP contribution in [0.5, 0.6) is 0 Å². The zero-order chi connectivity index (χ0) is 23.7. The first kappa shape index (κ1) is 27.5. The van der Waals surface area contributed by atoms with Gasteiger partial charge in [-0.1, -0.05) is 46.5 Å². The van der Waals surface area contributed by atoms with Gasteiger partial charge in [0.25, 0.3) is 0 Å². The molecule has 0 aromatic heterocycles. The van der Waals surface area contributed by atoms with Gasteiger partial charge in [-0.15, -0.1) is 0 Å². The average molecular weight is 457 g/mol. The number of aliphatic hydroxyl groups excluding tert-OH is 2. The molecule has 0 aliphatic carbocycles. The lowest BCUT2D eigenvalue weighted by Crippen LogP contribution is -2.61. The average Bonchev–Trinajstić information content (AvgIpc) is 2.79. The Morgan fingerprint density at radius 2 is 1.75 bits per heavy atom. The van der Waals surface area contributed by atoms with Crippen LogP contribution in [-0.4, -0.2) is 59.4 Å². The fourth-order valence-electron chi connectivity index (χ4n) is 5.27. The van der Waals surface area contributed by atoms with Crippen LogP contribution >= 0.6 is 0 Å². The van der Waals surface area contributed by atoms with Gasteiger partial charge >= 0.3 is 0 Å². The summed E-state index contributed by atoms with van der Waals surface area (Å²) in [6.07, 6.45) is 6.63. The van der Waals surface area contributed by atoms with E-state index in [-0.39, 0.29) is 17.9 Å². The van der Waals surface area contributed by atoms with E-state index in [1.807, 2.05) is 0 Å². The molecule has 32 heavy (non-hydrogen) atoms. The largest absolute Gasteiger partial charge is 0.389 e. The summed E-state index contributed by atoms with van der Waals surface area (Å²) in [5.74, 6) is 1.23. The molecule has 188 valence electrons. The van der Waals surface area contributed by atoms with Gasteiger partial charge in [0.1, 0.15) is 6.10 Å². The summed E-state index contributed by atoms with van der Waals surface area (Å²) in [6.45, 7) is 8.96. The van der Waals surface area contributed by atoms with Crippen LogP contribution in [0.1, 0.15) is 91.9 Å². The molecule has 2 heterocycles. The van der Waals surface area contributed by atoms with Crippen LogP contribution in [0.4, 0.5) is 0 Å². The molecule has 2 saturated heterocycles. The summed E-state index contributed by atoms with van der Waals surface area (Å²) in [6, 6.07) is -0.785. The Morgan fingerprint density at radius 3 is 2.41 bits per heavy atom. The summed E-state index contributed by atoms with van der Waals surface area (Å²) in [4.78, 5) is 12.6. The van der Waals surface area contributed by atoms with Gasteiger partial charge in [0.05, 0.1) is 24.4 Å². The van der Waals surface area contributed by atoms with Crippen LogP contribution in [0, 0.1) is 17.8 Å². The van der Waals surface area contributed by atoms with Crippen LogP contribution in [0.25, 0.3) is 0 Å². The molecule has 2 rings (SSSR count). The summed E-state index contributed by atoms with van der Waals surface area (Å²) >= 11 is 0. The number of carbonyl (C=O) groups excluding carboxylic acids is 1. The van der Waals surface area contributed by atoms with Crippen molar-refractivity contribution in [2.45, 2.75) is 129 Å². The van der Waals surface area contributed by atoms with Crippen molar-refractivity contribution in [2.24, 2.45) is 23.5 Å². The van der Waals surface area contributed by atoms with E-state index in [0.717, 1.165) is 64.2 Å². The number of nitrogens with two attached hydrogens (primary N) is 1. The quantitative estimate of drug-likeness (QED) is 0.505. The van der Waals surface area contributed by atoms with Gasteiger partial charge in [-0.05, 0) is 57.3 Å². The van der Waals surface area contributed by atoms with Gasteiger partial charge in [-0.25, -0.2) is 0 Å². The van der Waals surface area contributed by atoms with E-state index < -0.39 is 30.6 Å². The normalized spacial score (nSPS) is 41.0. The Hall–Kier alpha value is -0.730. The zero-order valence-electron chi connectivity index (χ0n) is 20.7. The van der Waals surface area contributed by atoms with E-state index in [2.05, 4.69) is 26.1 Å². The van der Waals surface area contributed by atoms with Crippen LogP contribution < -0.4 is 11.1 Å². The number of hydrogen-bond donors (Lipinski definition) is 4. The molecule has 0 aromatic rings. The van der Waals surface area contributed by atoms with Gasteiger partial charge in [0.2, 0.25) is 5.91 Å². The van der Waals surface area contributed by atoms with Gasteiger partial charge in [0.15, 0.2) is 6.29 Å². The van der Waals surface area contributed by atoms with Crippen LogP contribution in [0.3, 0.4) is 0 Å². The number of hydrogen-bond acceptors (Lipinski definition) is 6. The van der Waals surface area contributed by atoms with Crippen molar-refractivity contribution < 1.29 is 24.5 Å². The minimum absolute atomic E-state index is 0.0506. The second kappa shape index (κ2) is 13.9. The third-order valence-electron chi connectivity index (χ3n) is 7.77. The standard InChI is InChI=1S/C25H48N2O5/c1-5-17-10-8-11-19(7-3)24(30)27-15-9-12-18(6-2)20(14-13-17)32-25-23(29)21(26)22(28)16(4)31-25/h16-23,25,28-29H,5-15,26H2,1-4H3,(H,27,30)/t16-,17?,18?,19?,20?,21+,22-,23+,25-/m0/s1. The van der Waals surface area contributed by atoms with E-state index in [1.165, 1.54) is 0 Å². The monoisotopic (exact) mass is 456 g/mol. The number of carbonyl (C=O) groups is 1. The van der Waals surface area contributed by atoms with Crippen LogP contribution in [0.2, 0.25) is 0 Å². The first-order valence-corrected chi connectivity index (χ1v) is 13.0. The Balaban J connectivity index is 2.11. The molecule has 0 aromatic carbocycles. The van der Waals surface area contributed by atoms with Crippen molar-refractivity contribution >= 4 is 5.91 Å². The molecular weight excluding hydrogens is 408 g/mol. The predicted octanol–water partition coefficient (Wildman–Crippen LogP) is 3.10. The molecule has 0 bridgehead atoms. The molecule has 0 saturated carbocycles. The number of rotatable bonds is 5. The maximum atomic E-state index is 12.6. The molecule has 7 heteroatoms. The van der Waals surface area contributed by atoms with E-state index >= 15 is 0 Å². The highest BCUT2D eigenvalue weighted by molar-refractivity contribution is 5.78. The smallest absolute Gasteiger partial charge is 0.223 e. The highest BCUT2D eigenvalue weighted by Crippen LogP contribution is 2.31. The van der Waals surface area contributed by atoms with E-state index in [1.54, 1.807) is 6.92 Å². The number of amides is 1. The summed E-state index contributed by atoms with van der Waals surface area (Å²) in [5, 5.41) is 23.8. The second-order valence-corrected chi connectivity index (χ2v) is 9.93. The van der Waals surface area contributed by atoms with Crippen molar-refractivity contribution in [3.8, 4) is 0 Å². The molecular formula is C25H48N2O5. The van der Waals surface area contributed by atoms with Gasteiger partial charge < -0.3 is 30.7 Å². The summed E-state index contributed by atoms with van der Waals surface area (Å²) in [7, 11) is 0. The molecule has 1 amide bonds. The molecule has 2 aliphatic heterocycles. The molecule has 7 nitrogen and oxygen atoms in total. The molecule has 0 radical (unpaired) electrons. The minimum Gasteiger partial charge on any atom is -0.389 e. The van der Waals surface area contributed by atoms with E-state index in [0.29, 0.717) is 18.4 Å². The van der Waals surface area contributed by atoms with Crippen molar-refractivity contribution in [3.05, 3.63) is 0 Å². The van der Waals surface area contributed by atoms with Crippen LogP contribution in [-0.2, 0) is 14.3 Å². The van der Waals surface area contributed by atoms with Crippen molar-refractivity contribution in [3.63, 3.8) is 0 Å². The highest BCUT2D eigenvalue weighted by atomic mass is 16.7. The van der Waals surface area contributed by atoms with Crippen molar-refractivity contribution in [1.82, 2.24) is 5.32 Å². The fraction of sp³-hybridized carbons (Fsp3) is 0.960. The van der Waals surface area contributed by atoms with Crippen LogP contribution in [0.15, 0.2) is 0 Å². The van der Waals surface area contributed by atoms with Gasteiger partial charge in [-0.3, -0.25) is 4.79 Å². The molecule has 0 spiro atoms. The number of ether oxygens (including phenoxy) is 2. The second-order valence-electron chi connectivity index (χ2n) is 9.93. The van der Waals surface area contributed by atoms with Crippen molar-refractivity contribution in [1.29, 1.82) is 0 Å². The zero-order valence-corrected chi connectivity index (χ0v) is 20.7. The third-order valence-corrected chi connectivity index (χ3v) is 7.77. The van der Waals surface area contributed by atoms with E-state index in [9.17, 15) is 15.0 Å². The molecule has 5 N–H and O–H groups in total. The van der Waals surface area contributed by atoms with Crippen molar-refractivity contribution in [2.75, 3.05) is 6.54 Å². The molecule has 4 unspecified atom stereocenters. The third kappa shape index (κ3) is 7.66. The summed E-state index contributed by atoms with van der Waals surface area (Å²) in [5.41, 5.74) is 6.03. The molecule has 2 fully saturated rings. The van der Waals surface area contributed by atoms with E-state index in [4.69, 9.17) is 15.2 Å². The maximum Gasteiger partial charge on any atom is 0.223 e. The Kier molecular flexibility index (Phi) is 11.9. The summed E-state index contributed by atoms with van der Waals surface area (Å²) < 4.78 is 12.2.